The van der Waals surface area contributed by atoms with Crippen LogP contribution in [0.15, 0.2) is 23.0 Å². The van der Waals surface area contributed by atoms with Crippen LogP contribution in [0.5, 0.6) is 5.75 Å². The van der Waals surface area contributed by atoms with Gasteiger partial charge in [-0.1, -0.05) is 6.07 Å². The quantitative estimate of drug-likeness (QED) is 0.872. The molecule has 0 atom stereocenters. The number of carboxylic acid groups (broad SMARTS) is 1. The number of carbonyl (C=O) groups is 1. The number of aromatic nitrogens is 1. The van der Waals surface area contributed by atoms with E-state index >= 15 is 0 Å². The number of para-hydroxylation sites is 1. The van der Waals surface area contributed by atoms with Crippen molar-refractivity contribution in [2.45, 2.75) is 13.3 Å². The van der Waals surface area contributed by atoms with Crippen LogP contribution in [0.1, 0.15) is 11.3 Å². The average Bonchev–Trinajstić information content (AvgIpc) is 2.48. The standard InChI is InChI=1S/C17H22N2O4/c1-11-13(10-15(20)21)17(22)12-6-5-7-14(16(12)19(11)4)23-9-8-18(2)3/h5-7H,8-10H2,1-4H3,(H,20,21). The molecule has 0 saturated carbocycles. The van der Waals surface area contributed by atoms with Crippen LogP contribution >= 0.6 is 0 Å². The zero-order valence-corrected chi connectivity index (χ0v) is 13.9. The summed E-state index contributed by atoms with van der Waals surface area (Å²) in [6, 6.07) is 5.30. The Hall–Kier alpha value is -2.34. The van der Waals surface area contributed by atoms with Crippen LogP contribution in [0.2, 0.25) is 0 Å². The first-order chi connectivity index (χ1) is 10.8. The summed E-state index contributed by atoms with van der Waals surface area (Å²) in [7, 11) is 5.75. The summed E-state index contributed by atoms with van der Waals surface area (Å²) in [4.78, 5) is 25.7. The highest BCUT2D eigenvalue weighted by Crippen LogP contribution is 2.25. The van der Waals surface area contributed by atoms with Crippen molar-refractivity contribution in [1.29, 1.82) is 0 Å². The van der Waals surface area contributed by atoms with Crippen LogP contribution in [0.4, 0.5) is 0 Å². The van der Waals surface area contributed by atoms with Crippen LogP contribution < -0.4 is 10.2 Å². The number of nitrogens with zero attached hydrogens (tertiary/aromatic N) is 2. The van der Waals surface area contributed by atoms with Gasteiger partial charge in [-0.15, -0.1) is 0 Å². The minimum atomic E-state index is -1.01. The normalized spacial score (nSPS) is 11.2. The first kappa shape index (κ1) is 17.0. The van der Waals surface area contributed by atoms with Gasteiger partial charge in [-0.2, -0.15) is 0 Å². The number of ether oxygens (including phenoxy) is 1. The highest BCUT2D eigenvalue weighted by atomic mass is 16.5. The van der Waals surface area contributed by atoms with Crippen LogP contribution in [0.3, 0.4) is 0 Å². The fourth-order valence-electron chi connectivity index (χ4n) is 2.56. The van der Waals surface area contributed by atoms with Gasteiger partial charge in [0.25, 0.3) is 0 Å². The molecule has 0 fully saturated rings. The molecular weight excluding hydrogens is 296 g/mol. The summed E-state index contributed by atoms with van der Waals surface area (Å²) in [6.07, 6.45) is -0.278. The van der Waals surface area contributed by atoms with Crippen molar-refractivity contribution in [2.24, 2.45) is 7.05 Å². The average molecular weight is 318 g/mol. The summed E-state index contributed by atoms with van der Waals surface area (Å²) in [5.74, 6) is -0.378. The van der Waals surface area contributed by atoms with Crippen molar-refractivity contribution in [3.05, 3.63) is 39.7 Å². The minimum Gasteiger partial charge on any atom is -0.490 e. The lowest BCUT2D eigenvalue weighted by molar-refractivity contribution is -0.136. The van der Waals surface area contributed by atoms with Gasteiger partial charge in [-0.3, -0.25) is 9.59 Å². The molecule has 0 spiro atoms. The van der Waals surface area contributed by atoms with Gasteiger partial charge in [0.1, 0.15) is 12.4 Å². The first-order valence-corrected chi connectivity index (χ1v) is 7.43. The van der Waals surface area contributed by atoms with Gasteiger partial charge >= 0.3 is 5.97 Å². The van der Waals surface area contributed by atoms with Crippen molar-refractivity contribution in [3.8, 4) is 5.75 Å². The molecule has 0 aliphatic rings. The molecule has 0 unspecified atom stereocenters. The summed E-state index contributed by atoms with van der Waals surface area (Å²) in [5, 5.41) is 9.51. The molecular formula is C17H22N2O4. The third-order valence-electron chi connectivity index (χ3n) is 3.92. The molecule has 2 rings (SSSR count). The zero-order chi connectivity index (χ0) is 17.1. The molecule has 0 radical (unpaired) electrons. The van der Waals surface area contributed by atoms with E-state index in [1.807, 2.05) is 36.7 Å². The van der Waals surface area contributed by atoms with E-state index < -0.39 is 5.97 Å². The number of fused-ring (bicyclic) bond motifs is 1. The molecule has 0 saturated heterocycles. The number of hydrogen-bond donors (Lipinski definition) is 1. The van der Waals surface area contributed by atoms with Gasteiger partial charge in [0.15, 0.2) is 5.43 Å². The van der Waals surface area contributed by atoms with Crippen LogP contribution in [0.25, 0.3) is 10.9 Å². The van der Waals surface area contributed by atoms with E-state index in [2.05, 4.69) is 0 Å². The number of rotatable bonds is 6. The van der Waals surface area contributed by atoms with E-state index in [1.165, 1.54) is 0 Å². The third-order valence-corrected chi connectivity index (χ3v) is 3.92. The predicted octanol–water partition coefficient (Wildman–Crippen LogP) is 1.41. The number of pyridine rings is 1. The van der Waals surface area contributed by atoms with Crippen molar-refractivity contribution in [1.82, 2.24) is 9.47 Å². The van der Waals surface area contributed by atoms with Gasteiger partial charge in [0, 0.05) is 30.2 Å². The highest BCUT2D eigenvalue weighted by Gasteiger charge is 2.17. The smallest absolute Gasteiger partial charge is 0.308 e. The van der Waals surface area contributed by atoms with Gasteiger partial charge in [0.2, 0.25) is 0 Å². The number of aliphatic carboxylic acids is 1. The maximum Gasteiger partial charge on any atom is 0.308 e. The molecule has 0 aliphatic carbocycles. The molecule has 1 N–H and O–H groups in total. The van der Waals surface area contributed by atoms with Crippen molar-refractivity contribution < 1.29 is 14.6 Å². The first-order valence-electron chi connectivity index (χ1n) is 7.43. The molecule has 124 valence electrons. The summed E-state index contributed by atoms with van der Waals surface area (Å²) < 4.78 is 7.66. The van der Waals surface area contributed by atoms with Gasteiger partial charge in [0.05, 0.1) is 11.9 Å². The van der Waals surface area contributed by atoms with Gasteiger partial charge in [-0.25, -0.2) is 0 Å². The predicted molar refractivity (Wildman–Crippen MR) is 89.3 cm³/mol. The topological polar surface area (TPSA) is 71.8 Å². The van der Waals surface area contributed by atoms with Crippen LogP contribution in [-0.4, -0.2) is 47.8 Å². The Morgan fingerprint density at radius 2 is 2.04 bits per heavy atom. The Morgan fingerprint density at radius 1 is 1.35 bits per heavy atom. The Bertz CT molecular complexity index is 793. The van der Waals surface area contributed by atoms with Crippen molar-refractivity contribution in [2.75, 3.05) is 27.2 Å². The second-order valence-electron chi connectivity index (χ2n) is 5.83. The fraction of sp³-hybridized carbons (Fsp3) is 0.412. The lowest BCUT2D eigenvalue weighted by atomic mass is 10.0. The zero-order valence-electron chi connectivity index (χ0n) is 13.9. The molecule has 0 bridgehead atoms. The molecule has 23 heavy (non-hydrogen) atoms. The Balaban J connectivity index is 2.57. The Labute approximate surface area is 134 Å². The van der Waals surface area contributed by atoms with E-state index in [0.29, 0.717) is 34.5 Å². The second-order valence-corrected chi connectivity index (χ2v) is 5.83. The van der Waals surface area contributed by atoms with Crippen LogP contribution in [0, 0.1) is 6.92 Å². The maximum atomic E-state index is 12.6. The second kappa shape index (κ2) is 6.83. The molecule has 0 amide bonds. The van der Waals surface area contributed by atoms with Crippen molar-refractivity contribution >= 4 is 16.9 Å². The summed E-state index contributed by atoms with van der Waals surface area (Å²) in [6.45, 7) is 3.03. The SMILES string of the molecule is Cc1c(CC(=O)O)c(=O)c2cccc(OCCN(C)C)c2n1C. The molecule has 1 aromatic carbocycles. The molecule has 6 heteroatoms. The number of aryl methyl sites for hydroxylation is 1. The number of likely N-dealkylation sites (N-methyl/N-ethyl adjacent to an activating group) is 1. The molecule has 0 aliphatic heterocycles. The van der Waals surface area contributed by atoms with E-state index in [9.17, 15) is 9.59 Å². The number of carboxylic acids is 1. The molecule has 6 nitrogen and oxygen atoms in total. The van der Waals surface area contributed by atoms with Crippen molar-refractivity contribution in [3.63, 3.8) is 0 Å². The highest BCUT2D eigenvalue weighted by molar-refractivity contribution is 5.86. The Kier molecular flexibility index (Phi) is 5.05. The number of benzene rings is 1. The lowest BCUT2D eigenvalue weighted by Crippen LogP contribution is -2.22. The monoisotopic (exact) mass is 318 g/mol. The van der Waals surface area contributed by atoms with E-state index in [4.69, 9.17) is 9.84 Å². The lowest BCUT2D eigenvalue weighted by Gasteiger charge is -2.17. The fourth-order valence-corrected chi connectivity index (χ4v) is 2.56. The summed E-state index contributed by atoms with van der Waals surface area (Å²) in [5.41, 5.74) is 1.42. The minimum absolute atomic E-state index is 0.240. The molecule has 1 heterocycles. The molecule has 1 aromatic heterocycles. The van der Waals surface area contributed by atoms with E-state index in [1.54, 1.807) is 19.1 Å². The largest absolute Gasteiger partial charge is 0.490 e. The summed E-state index contributed by atoms with van der Waals surface area (Å²) >= 11 is 0. The molecule has 2 aromatic rings. The van der Waals surface area contributed by atoms with E-state index in [0.717, 1.165) is 6.54 Å². The maximum absolute atomic E-state index is 12.6. The van der Waals surface area contributed by atoms with Crippen LogP contribution in [-0.2, 0) is 18.3 Å². The van der Waals surface area contributed by atoms with E-state index in [-0.39, 0.29) is 11.8 Å². The third kappa shape index (κ3) is 3.53. The number of hydrogen-bond acceptors (Lipinski definition) is 4. The van der Waals surface area contributed by atoms with Gasteiger partial charge < -0.3 is 19.3 Å². The van der Waals surface area contributed by atoms with Gasteiger partial charge in [-0.05, 0) is 33.2 Å². The Morgan fingerprint density at radius 3 is 2.65 bits per heavy atom.